The van der Waals surface area contributed by atoms with E-state index < -0.39 is 0 Å². The molecule has 1 N–H and O–H groups in total. The van der Waals surface area contributed by atoms with Crippen molar-refractivity contribution in [3.05, 3.63) is 65.2 Å². The van der Waals surface area contributed by atoms with E-state index in [1.165, 1.54) is 16.7 Å². The minimum Gasteiger partial charge on any atom is -0.508 e. The zero-order chi connectivity index (χ0) is 16.5. The molecule has 0 saturated heterocycles. The summed E-state index contributed by atoms with van der Waals surface area (Å²) in [6.45, 7) is 14.5. The molecule has 0 aromatic heterocycles. The number of rotatable bonds is 2. The van der Waals surface area contributed by atoms with Crippen LogP contribution in [0.4, 0.5) is 0 Å². The van der Waals surface area contributed by atoms with Crippen molar-refractivity contribution in [3.8, 4) is 5.75 Å². The molecule has 0 bridgehead atoms. The van der Waals surface area contributed by atoms with Gasteiger partial charge in [0.15, 0.2) is 0 Å². The number of phenolic OH excluding ortho intramolecular Hbond substituents is 1. The first-order chi connectivity index (χ1) is 10.00. The molecule has 0 heterocycles. The largest absolute Gasteiger partial charge is 0.508 e. The number of hydrogen-bond donors (Lipinski definition) is 1. The summed E-state index contributed by atoms with van der Waals surface area (Å²) in [6.07, 6.45) is 0. The van der Waals surface area contributed by atoms with Gasteiger partial charge in [-0.05, 0) is 30.2 Å². The Morgan fingerprint density at radius 3 is 1.38 bits per heavy atom. The van der Waals surface area contributed by atoms with E-state index in [1.54, 1.807) is 12.1 Å². The van der Waals surface area contributed by atoms with Crippen LogP contribution in [0.25, 0.3) is 0 Å². The van der Waals surface area contributed by atoms with E-state index in [0.717, 1.165) is 0 Å². The van der Waals surface area contributed by atoms with Gasteiger partial charge in [-0.1, -0.05) is 83.5 Å². The quantitative estimate of drug-likeness (QED) is 0.709. The lowest BCUT2D eigenvalue weighted by molar-refractivity contribution is 0.474. The number of aryl methyl sites for hydroxylation is 1. The van der Waals surface area contributed by atoms with Crippen molar-refractivity contribution in [2.75, 3.05) is 0 Å². The van der Waals surface area contributed by atoms with Gasteiger partial charge in [-0.15, -0.1) is 0 Å². The molecule has 1 nitrogen and oxygen atoms in total. The Morgan fingerprint density at radius 1 is 0.667 bits per heavy atom. The Labute approximate surface area is 130 Å². The van der Waals surface area contributed by atoms with Gasteiger partial charge in [0, 0.05) is 5.41 Å². The van der Waals surface area contributed by atoms with Crippen LogP contribution >= 0.6 is 0 Å². The second kappa shape index (κ2) is 9.23. The zero-order valence-corrected chi connectivity index (χ0v) is 14.6. The van der Waals surface area contributed by atoms with Crippen LogP contribution in [0.5, 0.6) is 5.75 Å². The van der Waals surface area contributed by atoms with Gasteiger partial charge < -0.3 is 5.11 Å². The maximum absolute atomic E-state index is 9.33. The van der Waals surface area contributed by atoms with E-state index in [2.05, 4.69) is 45.0 Å². The van der Waals surface area contributed by atoms with Gasteiger partial charge in [0.05, 0.1) is 0 Å². The smallest absolute Gasteiger partial charge is 0.115 e. The van der Waals surface area contributed by atoms with Gasteiger partial charge in [-0.2, -0.15) is 0 Å². The van der Waals surface area contributed by atoms with Crippen LogP contribution in [-0.4, -0.2) is 5.11 Å². The van der Waals surface area contributed by atoms with Crippen LogP contribution in [-0.2, 0) is 5.41 Å². The molecule has 21 heavy (non-hydrogen) atoms. The predicted molar refractivity (Wildman–Crippen MR) is 94.1 cm³/mol. The topological polar surface area (TPSA) is 20.2 Å². The van der Waals surface area contributed by atoms with Gasteiger partial charge in [-0.25, -0.2) is 0 Å². The molecular weight excluding hydrogens is 256 g/mol. The molecule has 0 saturated carbocycles. The third-order valence-electron chi connectivity index (χ3n) is 3.36. The first kappa shape index (κ1) is 19.2. The monoisotopic (exact) mass is 286 g/mol. The molecule has 1 heteroatoms. The van der Waals surface area contributed by atoms with Crippen molar-refractivity contribution < 1.29 is 5.11 Å². The molecule has 2 rings (SSSR count). The fourth-order valence-electron chi connectivity index (χ4n) is 2.01. The van der Waals surface area contributed by atoms with E-state index in [1.807, 2.05) is 39.8 Å². The first-order valence-corrected chi connectivity index (χ1v) is 7.87. The van der Waals surface area contributed by atoms with Gasteiger partial charge in [0.2, 0.25) is 0 Å². The predicted octanol–water partition coefficient (Wildman–Crippen LogP) is 6.08. The van der Waals surface area contributed by atoms with Crippen LogP contribution in [0.3, 0.4) is 0 Å². The van der Waals surface area contributed by atoms with Gasteiger partial charge in [0.1, 0.15) is 5.75 Å². The summed E-state index contributed by atoms with van der Waals surface area (Å²) in [5, 5.41) is 9.33. The summed E-state index contributed by atoms with van der Waals surface area (Å²) in [5.41, 5.74) is 3.73. The van der Waals surface area contributed by atoms with E-state index in [0.29, 0.717) is 5.75 Å². The Morgan fingerprint density at radius 2 is 1.00 bits per heavy atom. The summed E-state index contributed by atoms with van der Waals surface area (Å²) in [7, 11) is 0. The highest BCUT2D eigenvalue weighted by Gasteiger charge is 2.22. The van der Waals surface area contributed by atoms with Crippen molar-refractivity contribution in [2.24, 2.45) is 0 Å². The van der Waals surface area contributed by atoms with Crippen molar-refractivity contribution in [3.63, 3.8) is 0 Å². The molecule has 0 fully saturated rings. The molecule has 2 aromatic carbocycles. The summed E-state index contributed by atoms with van der Waals surface area (Å²) in [6, 6.07) is 16.1. The molecule has 0 aliphatic rings. The summed E-state index contributed by atoms with van der Waals surface area (Å²) in [4.78, 5) is 0. The Bertz CT molecular complexity index is 445. The van der Waals surface area contributed by atoms with Crippen LogP contribution in [0.1, 0.15) is 58.2 Å². The molecule has 2 aromatic rings. The minimum absolute atomic E-state index is 0.0403. The highest BCUT2D eigenvalue weighted by atomic mass is 16.3. The zero-order valence-electron chi connectivity index (χ0n) is 14.6. The Hall–Kier alpha value is -1.76. The van der Waals surface area contributed by atoms with E-state index in [-0.39, 0.29) is 5.41 Å². The molecule has 0 aliphatic carbocycles. The van der Waals surface area contributed by atoms with E-state index >= 15 is 0 Å². The lowest BCUT2D eigenvalue weighted by atomic mass is 9.78. The molecule has 0 atom stereocenters. The molecule has 116 valence electrons. The highest BCUT2D eigenvalue weighted by Crippen LogP contribution is 2.32. The van der Waals surface area contributed by atoms with Crippen LogP contribution in [0, 0.1) is 6.92 Å². The molecule has 0 aliphatic heterocycles. The van der Waals surface area contributed by atoms with Crippen LogP contribution in [0.15, 0.2) is 48.5 Å². The average Bonchev–Trinajstić information content (AvgIpc) is 2.52. The number of phenols is 1. The molecule has 0 radical (unpaired) electrons. The SMILES string of the molecule is CC.CC.Cc1ccc(C(C)(C)c2ccc(O)cc2)cc1. The van der Waals surface area contributed by atoms with Crippen LogP contribution < -0.4 is 0 Å². The van der Waals surface area contributed by atoms with Crippen LogP contribution in [0.2, 0.25) is 0 Å². The van der Waals surface area contributed by atoms with Gasteiger partial charge in [0.25, 0.3) is 0 Å². The second-order valence-corrected chi connectivity index (χ2v) is 5.04. The fraction of sp³-hybridized carbons (Fsp3) is 0.400. The molecule has 0 amide bonds. The lowest BCUT2D eigenvalue weighted by Crippen LogP contribution is -2.18. The maximum atomic E-state index is 9.33. The molecule has 0 unspecified atom stereocenters. The minimum atomic E-state index is -0.0403. The van der Waals surface area contributed by atoms with E-state index in [4.69, 9.17) is 0 Å². The highest BCUT2D eigenvalue weighted by molar-refractivity contribution is 5.40. The summed E-state index contributed by atoms with van der Waals surface area (Å²) >= 11 is 0. The van der Waals surface area contributed by atoms with Crippen molar-refractivity contribution >= 4 is 0 Å². The molecular formula is C20H30O. The third kappa shape index (κ3) is 5.26. The first-order valence-electron chi connectivity index (χ1n) is 7.87. The molecule has 0 spiro atoms. The van der Waals surface area contributed by atoms with E-state index in [9.17, 15) is 5.11 Å². The lowest BCUT2D eigenvalue weighted by Gasteiger charge is -2.26. The fourth-order valence-corrected chi connectivity index (χ4v) is 2.01. The van der Waals surface area contributed by atoms with Gasteiger partial charge >= 0.3 is 0 Å². The second-order valence-electron chi connectivity index (χ2n) is 5.04. The van der Waals surface area contributed by atoms with Crippen molar-refractivity contribution in [1.82, 2.24) is 0 Å². The average molecular weight is 286 g/mol. The maximum Gasteiger partial charge on any atom is 0.115 e. The Kier molecular flexibility index (Phi) is 8.45. The normalized spacial score (nSPS) is 9.86. The number of benzene rings is 2. The third-order valence-corrected chi connectivity index (χ3v) is 3.36. The summed E-state index contributed by atoms with van der Waals surface area (Å²) in [5.74, 6) is 0.313. The Balaban J connectivity index is 0.000000921. The van der Waals surface area contributed by atoms with Crippen molar-refractivity contribution in [2.45, 2.75) is 53.9 Å². The summed E-state index contributed by atoms with van der Waals surface area (Å²) < 4.78 is 0. The van der Waals surface area contributed by atoms with Crippen molar-refractivity contribution in [1.29, 1.82) is 0 Å². The standard InChI is InChI=1S/C16H18O.2C2H6/c1-12-4-6-13(7-5-12)16(2,3)14-8-10-15(17)11-9-14;2*1-2/h4-11,17H,1-3H3;2*1-2H3. The number of hydrogen-bond acceptors (Lipinski definition) is 1. The van der Waals surface area contributed by atoms with Gasteiger partial charge in [-0.3, -0.25) is 0 Å². The number of aromatic hydroxyl groups is 1.